The molecule has 1 N–H and O–H groups in total. The Morgan fingerprint density at radius 2 is 2.07 bits per heavy atom. The minimum absolute atomic E-state index is 0.0241. The topological polar surface area (TPSA) is 80.7 Å². The van der Waals surface area contributed by atoms with Crippen LogP contribution in [0, 0.1) is 22.7 Å². The second-order valence-corrected chi connectivity index (χ2v) is 9.97. The summed E-state index contributed by atoms with van der Waals surface area (Å²) in [5.41, 5.74) is -0.354. The van der Waals surface area contributed by atoms with Crippen molar-refractivity contribution in [3.63, 3.8) is 0 Å². The maximum absolute atomic E-state index is 12.9. The monoisotopic (exact) mass is 432 g/mol. The summed E-state index contributed by atoms with van der Waals surface area (Å²) < 4.78 is 5.81. The largest absolute Gasteiger partial charge is 0.379 e. The number of ether oxygens (including phenoxy) is 1. The van der Waals surface area contributed by atoms with E-state index in [-0.39, 0.29) is 41.3 Å². The highest BCUT2D eigenvalue weighted by Crippen LogP contribution is 2.65. The van der Waals surface area contributed by atoms with Crippen LogP contribution in [0.3, 0.4) is 0 Å². The van der Waals surface area contributed by atoms with Crippen LogP contribution in [-0.4, -0.2) is 46.6 Å². The first-order valence-corrected chi connectivity index (χ1v) is 11.2. The number of Topliss-reactive ketones (excluding diaryl/α,β-unsaturated/α-hetero) is 2. The molecule has 0 spiro atoms. The fraction of sp³-hybridized carbons (Fsp3) is 0.625. The normalized spacial score (nSPS) is 42.0. The number of hydrogen-bond donors (Lipinski definition) is 1. The van der Waals surface area contributed by atoms with Crippen LogP contribution in [0.15, 0.2) is 35.5 Å². The number of allylic oxidation sites excluding steroid dienone is 6. The molecule has 0 saturated heterocycles. The zero-order valence-electron chi connectivity index (χ0n) is 17.7. The SMILES string of the molecule is CC(=O)COC1C[C@H]2[C@@H]3CCC4=CC(=O)C=C[C@]4(C)C3=CC[C@]2(C)[C@@]1(O)C(=O)CCl. The molecule has 0 aromatic rings. The maximum atomic E-state index is 12.9. The first kappa shape index (κ1) is 21.7. The van der Waals surface area contributed by atoms with Crippen molar-refractivity contribution in [2.75, 3.05) is 12.5 Å². The minimum Gasteiger partial charge on any atom is -0.379 e. The molecule has 2 fully saturated rings. The molecule has 162 valence electrons. The maximum Gasteiger partial charge on any atom is 0.182 e. The second-order valence-electron chi connectivity index (χ2n) is 9.70. The van der Waals surface area contributed by atoms with E-state index in [9.17, 15) is 19.5 Å². The van der Waals surface area contributed by atoms with Gasteiger partial charge in [-0.3, -0.25) is 14.4 Å². The molecule has 0 amide bonds. The Balaban J connectivity index is 1.75. The van der Waals surface area contributed by atoms with Crippen LogP contribution in [0.25, 0.3) is 0 Å². The van der Waals surface area contributed by atoms with Crippen LogP contribution in [0.4, 0.5) is 0 Å². The molecule has 6 atom stereocenters. The van der Waals surface area contributed by atoms with Gasteiger partial charge in [-0.2, -0.15) is 0 Å². The van der Waals surface area contributed by atoms with Crippen LogP contribution in [0.2, 0.25) is 0 Å². The Labute approximate surface area is 182 Å². The quantitative estimate of drug-likeness (QED) is 0.532. The molecule has 0 aromatic carbocycles. The highest BCUT2D eigenvalue weighted by Gasteiger charge is 2.68. The minimum atomic E-state index is -1.73. The summed E-state index contributed by atoms with van der Waals surface area (Å²) in [5, 5.41) is 11.7. The Bertz CT molecular complexity index is 901. The number of ketones is 3. The molecule has 4 aliphatic carbocycles. The van der Waals surface area contributed by atoms with Gasteiger partial charge >= 0.3 is 0 Å². The van der Waals surface area contributed by atoms with E-state index < -0.39 is 22.9 Å². The summed E-state index contributed by atoms with van der Waals surface area (Å²) in [4.78, 5) is 36.4. The molecule has 0 radical (unpaired) electrons. The number of fused-ring (bicyclic) bond motifs is 5. The lowest BCUT2D eigenvalue weighted by Gasteiger charge is -2.53. The number of halogens is 1. The molecule has 4 rings (SSSR count). The van der Waals surface area contributed by atoms with E-state index in [1.807, 2.05) is 13.0 Å². The number of carbonyl (C=O) groups is 3. The number of carbonyl (C=O) groups excluding carboxylic acids is 3. The van der Waals surface area contributed by atoms with Gasteiger partial charge in [-0.05, 0) is 63.5 Å². The van der Waals surface area contributed by atoms with Gasteiger partial charge in [0.15, 0.2) is 23.0 Å². The molecule has 4 aliphatic rings. The van der Waals surface area contributed by atoms with Crippen LogP contribution in [0.1, 0.15) is 46.5 Å². The highest BCUT2D eigenvalue weighted by atomic mass is 35.5. The smallest absolute Gasteiger partial charge is 0.182 e. The molecule has 0 heterocycles. The second kappa shape index (κ2) is 7.25. The molecular weight excluding hydrogens is 404 g/mol. The average molecular weight is 433 g/mol. The Morgan fingerprint density at radius 3 is 2.73 bits per heavy atom. The summed E-state index contributed by atoms with van der Waals surface area (Å²) >= 11 is 5.91. The fourth-order valence-electron chi connectivity index (χ4n) is 6.53. The third kappa shape index (κ3) is 2.85. The van der Waals surface area contributed by atoms with Gasteiger partial charge < -0.3 is 9.84 Å². The summed E-state index contributed by atoms with van der Waals surface area (Å²) in [7, 11) is 0. The molecule has 5 nitrogen and oxygen atoms in total. The summed E-state index contributed by atoms with van der Waals surface area (Å²) in [6, 6.07) is 0. The molecule has 0 aromatic heterocycles. The van der Waals surface area contributed by atoms with Crippen molar-refractivity contribution < 1.29 is 24.2 Å². The summed E-state index contributed by atoms with van der Waals surface area (Å²) in [5.74, 6) is -0.657. The van der Waals surface area contributed by atoms with Crippen molar-refractivity contribution in [2.24, 2.45) is 22.7 Å². The number of hydrogen-bond acceptors (Lipinski definition) is 5. The van der Waals surface area contributed by atoms with Gasteiger partial charge in [0.25, 0.3) is 0 Å². The van der Waals surface area contributed by atoms with Crippen molar-refractivity contribution in [2.45, 2.75) is 58.2 Å². The Hall–Kier alpha value is -1.56. The van der Waals surface area contributed by atoms with Crippen LogP contribution in [0.5, 0.6) is 0 Å². The molecule has 1 unspecified atom stereocenters. The van der Waals surface area contributed by atoms with E-state index in [4.69, 9.17) is 16.3 Å². The predicted molar refractivity (Wildman–Crippen MR) is 113 cm³/mol. The molecular formula is C24H29ClO5. The van der Waals surface area contributed by atoms with E-state index in [2.05, 4.69) is 13.0 Å². The van der Waals surface area contributed by atoms with Gasteiger partial charge in [0.1, 0.15) is 6.61 Å². The van der Waals surface area contributed by atoms with Crippen molar-refractivity contribution in [1.82, 2.24) is 0 Å². The molecule has 2 saturated carbocycles. The Kier molecular flexibility index (Phi) is 5.23. The Morgan fingerprint density at radius 1 is 1.33 bits per heavy atom. The van der Waals surface area contributed by atoms with Crippen LogP contribution >= 0.6 is 11.6 Å². The van der Waals surface area contributed by atoms with E-state index in [1.165, 1.54) is 12.5 Å². The lowest BCUT2D eigenvalue weighted by Crippen LogP contribution is -2.59. The summed E-state index contributed by atoms with van der Waals surface area (Å²) in [6.07, 6.45) is 9.49. The number of rotatable bonds is 5. The lowest BCUT2D eigenvalue weighted by atomic mass is 9.51. The van der Waals surface area contributed by atoms with Gasteiger partial charge in [0.05, 0.1) is 12.0 Å². The first-order valence-electron chi connectivity index (χ1n) is 10.7. The first-order chi connectivity index (χ1) is 14.1. The van der Waals surface area contributed by atoms with Gasteiger partial charge in [-0.15, -0.1) is 11.6 Å². The van der Waals surface area contributed by atoms with E-state index in [0.29, 0.717) is 12.8 Å². The third-order valence-electron chi connectivity index (χ3n) is 8.18. The van der Waals surface area contributed by atoms with Crippen molar-refractivity contribution >= 4 is 29.0 Å². The highest BCUT2D eigenvalue weighted by molar-refractivity contribution is 6.29. The van der Waals surface area contributed by atoms with Gasteiger partial charge in [-0.25, -0.2) is 0 Å². The zero-order valence-corrected chi connectivity index (χ0v) is 18.5. The zero-order chi connectivity index (χ0) is 21.9. The van der Waals surface area contributed by atoms with E-state index in [0.717, 1.165) is 18.4 Å². The molecule has 6 heteroatoms. The van der Waals surface area contributed by atoms with E-state index in [1.54, 1.807) is 12.2 Å². The third-order valence-corrected chi connectivity index (χ3v) is 8.42. The molecule has 30 heavy (non-hydrogen) atoms. The van der Waals surface area contributed by atoms with Crippen molar-refractivity contribution in [1.29, 1.82) is 0 Å². The van der Waals surface area contributed by atoms with Gasteiger partial charge in [-0.1, -0.05) is 30.2 Å². The van der Waals surface area contributed by atoms with Crippen molar-refractivity contribution in [3.8, 4) is 0 Å². The van der Waals surface area contributed by atoms with E-state index >= 15 is 0 Å². The summed E-state index contributed by atoms with van der Waals surface area (Å²) in [6.45, 7) is 5.40. The standard InChI is InChI=1S/C24H29ClO5/c1-14(26)13-30-21-11-19-17-5-4-15-10-16(27)6-8-22(15,2)18(17)7-9-23(19,3)24(21,29)20(28)12-25/h6-8,10,17,19,21,29H,4-5,9,11-13H2,1-3H3/t17-,19+,21?,22+,23+,24-/m1/s1. The molecule has 0 aliphatic heterocycles. The van der Waals surface area contributed by atoms with Gasteiger partial charge in [0.2, 0.25) is 0 Å². The van der Waals surface area contributed by atoms with Crippen LogP contribution in [-0.2, 0) is 19.1 Å². The molecule has 0 bridgehead atoms. The number of aliphatic hydroxyl groups is 1. The van der Waals surface area contributed by atoms with Gasteiger partial charge in [0, 0.05) is 10.8 Å². The average Bonchev–Trinajstić information content (AvgIpc) is 2.94. The number of alkyl halides is 1. The van der Waals surface area contributed by atoms with Crippen LogP contribution < -0.4 is 0 Å². The van der Waals surface area contributed by atoms with Crippen molar-refractivity contribution in [3.05, 3.63) is 35.5 Å². The lowest BCUT2D eigenvalue weighted by molar-refractivity contribution is -0.172. The predicted octanol–water partition coefficient (Wildman–Crippen LogP) is 3.34. The fourth-order valence-corrected chi connectivity index (χ4v) is 6.73.